The third-order valence-corrected chi connectivity index (χ3v) is 2.55. The van der Waals surface area contributed by atoms with Crippen LogP contribution in [0, 0.1) is 23.0 Å². The summed E-state index contributed by atoms with van der Waals surface area (Å²) < 4.78 is 32.3. The van der Waals surface area contributed by atoms with Crippen LogP contribution >= 0.6 is 0 Å². The molecule has 1 heterocycles. The van der Waals surface area contributed by atoms with E-state index in [4.69, 9.17) is 10.00 Å². The number of hydrogen-bond acceptors (Lipinski definition) is 2. The monoisotopic (exact) mass is 209 g/mol. The summed E-state index contributed by atoms with van der Waals surface area (Å²) in [5, 5.41) is 8.67. The Bertz CT molecular complexity index is 451. The molecule has 1 atom stereocenters. The zero-order valence-corrected chi connectivity index (χ0v) is 8.18. The van der Waals surface area contributed by atoms with Crippen molar-refractivity contribution in [3.8, 4) is 11.8 Å². The second-order valence-corrected chi connectivity index (χ2v) is 3.51. The highest BCUT2D eigenvalue weighted by Crippen LogP contribution is 2.34. The summed E-state index contributed by atoms with van der Waals surface area (Å²) in [6.07, 6.45) is 0.437. The third-order valence-electron chi connectivity index (χ3n) is 2.55. The Hall–Kier alpha value is -1.63. The summed E-state index contributed by atoms with van der Waals surface area (Å²) in [5.41, 5.74) is 0.232. The third kappa shape index (κ3) is 1.44. The number of ether oxygens (including phenoxy) is 1. The van der Waals surface area contributed by atoms with Crippen LogP contribution in [0.5, 0.6) is 5.75 Å². The number of fused-ring (bicyclic) bond motifs is 1. The van der Waals surface area contributed by atoms with E-state index in [1.165, 1.54) is 6.92 Å². The number of rotatable bonds is 1. The lowest BCUT2D eigenvalue weighted by Crippen LogP contribution is -2.02. The summed E-state index contributed by atoms with van der Waals surface area (Å²) in [6.45, 7) is 1.85. The Morgan fingerprint density at radius 1 is 1.53 bits per heavy atom. The van der Waals surface area contributed by atoms with Crippen molar-refractivity contribution in [2.75, 3.05) is 6.61 Å². The highest BCUT2D eigenvalue weighted by atomic mass is 19.1. The van der Waals surface area contributed by atoms with Crippen LogP contribution in [-0.4, -0.2) is 6.61 Å². The van der Waals surface area contributed by atoms with E-state index in [1.807, 2.05) is 6.07 Å². The molecule has 0 bridgehead atoms. The van der Waals surface area contributed by atoms with Crippen molar-refractivity contribution in [1.82, 2.24) is 0 Å². The molecule has 0 N–H and O–H groups in total. The molecule has 78 valence electrons. The minimum absolute atomic E-state index is 0.151. The minimum atomic E-state index is -0.782. The molecule has 2 rings (SSSR count). The van der Waals surface area contributed by atoms with Gasteiger partial charge in [0.15, 0.2) is 0 Å². The van der Waals surface area contributed by atoms with Gasteiger partial charge in [-0.1, -0.05) is 0 Å². The highest BCUT2D eigenvalue weighted by Gasteiger charge is 2.25. The van der Waals surface area contributed by atoms with Gasteiger partial charge in [0.05, 0.1) is 18.6 Å². The maximum Gasteiger partial charge on any atom is 0.137 e. The summed E-state index contributed by atoms with van der Waals surface area (Å²) in [4.78, 5) is 0. The molecule has 1 aliphatic rings. The first-order valence-electron chi connectivity index (χ1n) is 4.68. The number of hydrogen-bond donors (Lipinski definition) is 0. The Balaban J connectivity index is 2.62. The average molecular weight is 209 g/mol. The van der Waals surface area contributed by atoms with E-state index in [-0.39, 0.29) is 11.3 Å². The van der Waals surface area contributed by atoms with Gasteiger partial charge < -0.3 is 4.74 Å². The van der Waals surface area contributed by atoms with Crippen LogP contribution in [-0.2, 0) is 6.42 Å². The maximum absolute atomic E-state index is 13.8. The quantitative estimate of drug-likeness (QED) is 0.712. The van der Waals surface area contributed by atoms with Gasteiger partial charge in [-0.2, -0.15) is 5.26 Å². The molecular weight excluding hydrogens is 200 g/mol. The topological polar surface area (TPSA) is 33.0 Å². The highest BCUT2D eigenvalue weighted by molar-refractivity contribution is 5.44. The van der Waals surface area contributed by atoms with Gasteiger partial charge in [-0.3, -0.25) is 0 Å². The Morgan fingerprint density at radius 3 is 2.93 bits per heavy atom. The second kappa shape index (κ2) is 3.50. The summed E-state index contributed by atoms with van der Waals surface area (Å²) in [6, 6.07) is 2.99. The van der Waals surface area contributed by atoms with Crippen molar-refractivity contribution in [1.29, 1.82) is 5.26 Å². The number of benzene rings is 1. The SMILES string of the molecule is CC(C#N)c1c(F)cc2c(c1F)CCO2. The van der Waals surface area contributed by atoms with Gasteiger partial charge in [-0.05, 0) is 6.92 Å². The van der Waals surface area contributed by atoms with E-state index in [1.54, 1.807) is 0 Å². The van der Waals surface area contributed by atoms with E-state index in [0.717, 1.165) is 6.07 Å². The van der Waals surface area contributed by atoms with Crippen LogP contribution in [0.25, 0.3) is 0 Å². The molecule has 0 spiro atoms. The van der Waals surface area contributed by atoms with E-state index in [9.17, 15) is 8.78 Å². The molecule has 0 radical (unpaired) electrons. The molecule has 0 aromatic heterocycles. The predicted octanol–water partition coefficient (Wildman–Crippen LogP) is 2.53. The predicted molar refractivity (Wildman–Crippen MR) is 49.6 cm³/mol. The first-order valence-corrected chi connectivity index (χ1v) is 4.68. The molecule has 0 saturated carbocycles. The smallest absolute Gasteiger partial charge is 0.137 e. The van der Waals surface area contributed by atoms with Gasteiger partial charge >= 0.3 is 0 Å². The van der Waals surface area contributed by atoms with Crippen molar-refractivity contribution >= 4 is 0 Å². The van der Waals surface area contributed by atoms with Crippen molar-refractivity contribution in [2.45, 2.75) is 19.3 Å². The molecule has 4 heteroatoms. The fourth-order valence-electron chi connectivity index (χ4n) is 1.74. The fraction of sp³-hybridized carbons (Fsp3) is 0.364. The van der Waals surface area contributed by atoms with Gasteiger partial charge in [0.1, 0.15) is 17.4 Å². The number of nitrogens with zero attached hydrogens (tertiary/aromatic N) is 1. The van der Waals surface area contributed by atoms with Crippen LogP contribution in [0.2, 0.25) is 0 Å². The fourth-order valence-corrected chi connectivity index (χ4v) is 1.74. The normalized spacial score (nSPS) is 15.3. The summed E-state index contributed by atoms with van der Waals surface area (Å²) in [7, 11) is 0. The zero-order chi connectivity index (χ0) is 11.0. The van der Waals surface area contributed by atoms with Crippen LogP contribution in [0.15, 0.2) is 6.07 Å². The zero-order valence-electron chi connectivity index (χ0n) is 8.18. The minimum Gasteiger partial charge on any atom is -0.493 e. The number of nitriles is 1. The van der Waals surface area contributed by atoms with Gasteiger partial charge in [-0.15, -0.1) is 0 Å². The van der Waals surface area contributed by atoms with Gasteiger partial charge in [0, 0.05) is 23.6 Å². The van der Waals surface area contributed by atoms with E-state index in [0.29, 0.717) is 18.6 Å². The molecule has 2 nitrogen and oxygen atoms in total. The van der Waals surface area contributed by atoms with E-state index in [2.05, 4.69) is 0 Å². The average Bonchev–Trinajstić information content (AvgIpc) is 2.65. The van der Waals surface area contributed by atoms with Gasteiger partial charge in [0.2, 0.25) is 0 Å². The molecule has 0 fully saturated rings. The number of halogens is 2. The maximum atomic E-state index is 13.8. The lowest BCUT2D eigenvalue weighted by atomic mass is 9.97. The Labute approximate surface area is 86.1 Å². The standard InChI is InChI=1S/C11H9F2NO/c1-6(5-14)10-8(12)4-9-7(11(10)13)2-3-15-9/h4,6H,2-3H2,1H3. The van der Waals surface area contributed by atoms with Crippen molar-refractivity contribution in [3.05, 3.63) is 28.8 Å². The molecule has 0 aliphatic carbocycles. The molecular formula is C11H9F2NO. The molecule has 1 aromatic carbocycles. The Morgan fingerprint density at radius 2 is 2.27 bits per heavy atom. The first-order chi connectivity index (χ1) is 7.15. The largest absolute Gasteiger partial charge is 0.493 e. The van der Waals surface area contributed by atoms with Crippen molar-refractivity contribution in [2.24, 2.45) is 0 Å². The Kier molecular flexibility index (Phi) is 2.31. The van der Waals surface area contributed by atoms with Crippen LogP contribution < -0.4 is 4.74 Å². The van der Waals surface area contributed by atoms with Crippen LogP contribution in [0.4, 0.5) is 8.78 Å². The molecule has 0 amide bonds. The van der Waals surface area contributed by atoms with Gasteiger partial charge in [0.25, 0.3) is 0 Å². The lowest BCUT2D eigenvalue weighted by Gasteiger charge is -2.09. The molecule has 1 aliphatic heterocycles. The van der Waals surface area contributed by atoms with E-state index >= 15 is 0 Å². The summed E-state index contributed by atoms with van der Waals surface area (Å²) in [5.74, 6) is -1.85. The summed E-state index contributed by atoms with van der Waals surface area (Å²) >= 11 is 0. The molecule has 1 unspecified atom stereocenters. The van der Waals surface area contributed by atoms with Crippen LogP contribution in [0.3, 0.4) is 0 Å². The second-order valence-electron chi connectivity index (χ2n) is 3.51. The van der Waals surface area contributed by atoms with Gasteiger partial charge in [-0.25, -0.2) is 8.78 Å². The molecule has 0 saturated heterocycles. The lowest BCUT2D eigenvalue weighted by molar-refractivity contribution is 0.355. The van der Waals surface area contributed by atoms with Crippen molar-refractivity contribution in [3.63, 3.8) is 0 Å². The van der Waals surface area contributed by atoms with E-state index < -0.39 is 17.6 Å². The molecule has 1 aromatic rings. The van der Waals surface area contributed by atoms with Crippen LogP contribution in [0.1, 0.15) is 24.0 Å². The first kappa shape index (κ1) is 9.91. The molecule has 15 heavy (non-hydrogen) atoms. The van der Waals surface area contributed by atoms with Crippen molar-refractivity contribution < 1.29 is 13.5 Å².